The zero-order valence-corrected chi connectivity index (χ0v) is 14.6. The molecule has 0 bridgehead atoms. The summed E-state index contributed by atoms with van der Waals surface area (Å²) in [6, 6.07) is 3.94. The van der Waals surface area contributed by atoms with Gasteiger partial charge in [0.25, 0.3) is 11.9 Å². The van der Waals surface area contributed by atoms with Gasteiger partial charge in [0.05, 0.1) is 0 Å². The summed E-state index contributed by atoms with van der Waals surface area (Å²) in [5.41, 5.74) is -0.758. The van der Waals surface area contributed by atoms with Crippen molar-refractivity contribution in [1.82, 2.24) is 10.3 Å². The number of carbonyl (C=O) groups excluding carboxylic acids is 1. The third kappa shape index (κ3) is 3.98. The Labute approximate surface area is 151 Å². The predicted molar refractivity (Wildman–Crippen MR) is 90.0 cm³/mol. The van der Waals surface area contributed by atoms with Gasteiger partial charge in [-0.3, -0.25) is 4.79 Å². The summed E-state index contributed by atoms with van der Waals surface area (Å²) in [7, 11) is 0. The Kier molecular flexibility index (Phi) is 5.75. The Morgan fingerprint density at radius 1 is 1.19 bits per heavy atom. The van der Waals surface area contributed by atoms with Crippen LogP contribution in [0.4, 0.5) is 23.2 Å². The average molecular weight is 387 g/mol. The van der Waals surface area contributed by atoms with Gasteiger partial charge in [0.15, 0.2) is 0 Å². The third-order valence-electron chi connectivity index (χ3n) is 4.41. The average Bonchev–Trinajstić information content (AvgIpc) is 3.14. The van der Waals surface area contributed by atoms with E-state index in [1.165, 1.54) is 9.78 Å². The number of pyridine rings is 1. The lowest BCUT2D eigenvalue weighted by atomic mass is 9.95. The van der Waals surface area contributed by atoms with Crippen molar-refractivity contribution in [3.05, 3.63) is 45.9 Å². The van der Waals surface area contributed by atoms with Crippen LogP contribution in [0.15, 0.2) is 17.5 Å². The monoisotopic (exact) mass is 387 g/mol. The molecule has 1 saturated heterocycles. The van der Waals surface area contributed by atoms with Gasteiger partial charge in [-0.2, -0.15) is 22.5 Å². The van der Waals surface area contributed by atoms with Crippen LogP contribution in [0.3, 0.4) is 0 Å². The van der Waals surface area contributed by atoms with Crippen molar-refractivity contribution < 1.29 is 22.4 Å². The van der Waals surface area contributed by atoms with Crippen LogP contribution in [0.5, 0.6) is 0 Å². The second-order valence-corrected chi connectivity index (χ2v) is 7.08. The van der Waals surface area contributed by atoms with E-state index in [2.05, 4.69) is 10.3 Å². The van der Waals surface area contributed by atoms with E-state index in [1.807, 2.05) is 17.5 Å². The molecule has 0 atom stereocenters. The number of carbonyl (C=O) groups is 1. The van der Waals surface area contributed by atoms with Gasteiger partial charge in [0.2, 0.25) is 17.5 Å². The number of piperidine rings is 1. The maximum absolute atomic E-state index is 13.8. The summed E-state index contributed by atoms with van der Waals surface area (Å²) >= 11 is 1.62. The molecule has 0 spiro atoms. The summed E-state index contributed by atoms with van der Waals surface area (Å²) in [5.74, 6) is -6.78. The number of hydrogen-bond donors (Lipinski definition) is 1. The van der Waals surface area contributed by atoms with Crippen LogP contribution < -0.4 is 10.2 Å². The molecule has 3 heterocycles. The fourth-order valence-electron chi connectivity index (χ4n) is 3.03. The molecule has 9 heteroatoms. The van der Waals surface area contributed by atoms with E-state index < -0.39 is 29.2 Å². The Morgan fingerprint density at radius 3 is 2.42 bits per heavy atom. The topological polar surface area (TPSA) is 45.2 Å². The number of nitrogens with zero attached hydrogens (tertiary/aromatic N) is 2. The summed E-state index contributed by atoms with van der Waals surface area (Å²) in [6.07, 6.45) is 1.43. The quantitative estimate of drug-likeness (QED) is 0.633. The molecule has 3 rings (SSSR count). The molecule has 0 radical (unpaired) electrons. The van der Waals surface area contributed by atoms with Crippen LogP contribution >= 0.6 is 11.3 Å². The molecule has 26 heavy (non-hydrogen) atoms. The predicted octanol–water partition coefficient (Wildman–Crippen LogP) is 3.27. The fraction of sp³-hybridized carbons (Fsp3) is 0.412. The molecule has 0 unspecified atom stereocenters. The minimum atomic E-state index is -1.67. The van der Waals surface area contributed by atoms with Gasteiger partial charge < -0.3 is 10.2 Å². The lowest BCUT2D eigenvalue weighted by Crippen LogP contribution is -2.41. The highest BCUT2D eigenvalue weighted by Gasteiger charge is 2.30. The number of thiophene rings is 1. The van der Waals surface area contributed by atoms with Crippen LogP contribution in [-0.2, 0) is 11.2 Å². The van der Waals surface area contributed by atoms with Crippen LogP contribution in [0, 0.1) is 29.4 Å². The zero-order valence-electron chi connectivity index (χ0n) is 13.8. The molecule has 1 N–H and O–H groups in total. The molecule has 0 aliphatic carbocycles. The summed E-state index contributed by atoms with van der Waals surface area (Å²) in [5, 5.41) is 4.83. The van der Waals surface area contributed by atoms with Gasteiger partial charge in [-0.25, -0.2) is 0 Å². The Hall–Kier alpha value is -2.16. The van der Waals surface area contributed by atoms with Gasteiger partial charge >= 0.3 is 0 Å². The first kappa shape index (κ1) is 18.6. The molecule has 1 amide bonds. The minimum Gasteiger partial charge on any atom is -0.366 e. The zero-order chi connectivity index (χ0) is 18.7. The highest BCUT2D eigenvalue weighted by Crippen LogP contribution is 2.30. The van der Waals surface area contributed by atoms with Crippen LogP contribution in [0.2, 0.25) is 0 Å². The molecular weight excluding hydrogens is 370 g/mol. The molecule has 2 aromatic rings. The van der Waals surface area contributed by atoms with E-state index in [0.29, 0.717) is 19.4 Å². The SMILES string of the molecule is O=C(NCCc1cccs1)C1CCN(c2c(F)c(F)nc(F)c2F)CC1. The van der Waals surface area contributed by atoms with Gasteiger partial charge in [0.1, 0.15) is 5.69 Å². The van der Waals surface area contributed by atoms with Gasteiger partial charge in [-0.1, -0.05) is 6.07 Å². The number of rotatable bonds is 5. The molecule has 0 saturated carbocycles. The van der Waals surface area contributed by atoms with Crippen LogP contribution in [-0.4, -0.2) is 30.5 Å². The maximum Gasteiger partial charge on any atom is 0.253 e. The minimum absolute atomic E-state index is 0.116. The molecule has 1 aliphatic rings. The number of aromatic nitrogens is 1. The van der Waals surface area contributed by atoms with Gasteiger partial charge in [-0.15, -0.1) is 11.3 Å². The number of nitrogens with one attached hydrogen (secondary N) is 1. The second-order valence-electron chi connectivity index (χ2n) is 6.05. The molecule has 1 fully saturated rings. The maximum atomic E-state index is 13.8. The van der Waals surface area contributed by atoms with E-state index in [4.69, 9.17) is 0 Å². The molecule has 140 valence electrons. The van der Waals surface area contributed by atoms with Crippen molar-refractivity contribution in [2.45, 2.75) is 19.3 Å². The molecule has 4 nitrogen and oxygen atoms in total. The van der Waals surface area contributed by atoms with Gasteiger partial charge in [0, 0.05) is 30.4 Å². The molecule has 2 aromatic heterocycles. The molecule has 0 aromatic carbocycles. The smallest absolute Gasteiger partial charge is 0.253 e. The first-order valence-corrected chi connectivity index (χ1v) is 9.10. The summed E-state index contributed by atoms with van der Waals surface area (Å²) in [6.45, 7) is 0.767. The third-order valence-corrected chi connectivity index (χ3v) is 5.34. The highest BCUT2D eigenvalue weighted by molar-refractivity contribution is 7.09. The number of amides is 1. The lowest BCUT2D eigenvalue weighted by Gasteiger charge is -2.33. The van der Waals surface area contributed by atoms with Crippen LogP contribution in [0.1, 0.15) is 17.7 Å². The van der Waals surface area contributed by atoms with E-state index >= 15 is 0 Å². The Bertz CT molecular complexity index is 751. The van der Waals surface area contributed by atoms with E-state index in [1.54, 1.807) is 11.3 Å². The lowest BCUT2D eigenvalue weighted by molar-refractivity contribution is -0.125. The normalized spacial score (nSPS) is 15.3. The fourth-order valence-corrected chi connectivity index (χ4v) is 3.74. The van der Waals surface area contributed by atoms with Crippen molar-refractivity contribution in [1.29, 1.82) is 0 Å². The second kappa shape index (κ2) is 8.03. The summed E-state index contributed by atoms with van der Waals surface area (Å²) < 4.78 is 54.1. The summed E-state index contributed by atoms with van der Waals surface area (Å²) in [4.78, 5) is 17.2. The highest BCUT2D eigenvalue weighted by atomic mass is 32.1. The number of anilines is 1. The van der Waals surface area contributed by atoms with E-state index in [-0.39, 0.29) is 24.9 Å². The first-order chi connectivity index (χ1) is 12.5. The molecular formula is C17H17F4N3OS. The first-order valence-electron chi connectivity index (χ1n) is 8.22. The number of hydrogen-bond acceptors (Lipinski definition) is 4. The van der Waals surface area contributed by atoms with Crippen LogP contribution in [0.25, 0.3) is 0 Å². The van der Waals surface area contributed by atoms with Crippen molar-refractivity contribution in [2.75, 3.05) is 24.5 Å². The van der Waals surface area contributed by atoms with Crippen molar-refractivity contribution >= 4 is 22.9 Å². The van der Waals surface area contributed by atoms with Crippen molar-refractivity contribution in [3.63, 3.8) is 0 Å². The van der Waals surface area contributed by atoms with Crippen molar-refractivity contribution in [2.24, 2.45) is 5.92 Å². The standard InChI is InChI=1S/C17H17F4N3OS/c18-12-14(13(19)16(21)23-15(12)20)24-7-4-10(5-8-24)17(25)22-6-3-11-2-1-9-26-11/h1-2,9-10H,3-8H2,(H,22,25). The molecule has 1 aliphatic heterocycles. The van der Waals surface area contributed by atoms with Crippen molar-refractivity contribution in [3.8, 4) is 0 Å². The van der Waals surface area contributed by atoms with E-state index in [0.717, 1.165) is 6.42 Å². The van der Waals surface area contributed by atoms with Gasteiger partial charge in [-0.05, 0) is 30.7 Å². The largest absolute Gasteiger partial charge is 0.366 e. The Balaban J connectivity index is 1.55. The number of halogens is 4. The van der Waals surface area contributed by atoms with E-state index in [9.17, 15) is 22.4 Å². The Morgan fingerprint density at radius 2 is 1.85 bits per heavy atom.